The van der Waals surface area contributed by atoms with Crippen LogP contribution in [0.4, 0.5) is 4.79 Å². The molecule has 1 atom stereocenters. The van der Waals surface area contributed by atoms with Crippen LogP contribution in [0.3, 0.4) is 0 Å². The quantitative estimate of drug-likeness (QED) is 0.424. The molecule has 2 aromatic carbocycles. The van der Waals surface area contributed by atoms with Gasteiger partial charge in [-0.25, -0.2) is 9.59 Å². The summed E-state index contributed by atoms with van der Waals surface area (Å²) < 4.78 is 5.45. The number of ether oxygens (including phenoxy) is 1. The van der Waals surface area contributed by atoms with Crippen molar-refractivity contribution in [2.24, 2.45) is 0 Å². The molecule has 1 unspecified atom stereocenters. The number of nitrogens with one attached hydrogen (secondary N) is 1. The van der Waals surface area contributed by atoms with Crippen LogP contribution in [0.15, 0.2) is 48.5 Å². The lowest BCUT2D eigenvalue weighted by molar-refractivity contribution is -0.138. The SMILES string of the molecule is O=C(NC(CSCCCCCCO)C(=O)O)OCC1c2ccccc2-c2ccccc21. The number of unbranched alkanes of at least 4 members (excludes halogenated alkanes) is 3. The van der Waals surface area contributed by atoms with Gasteiger partial charge in [-0.05, 0) is 40.8 Å². The summed E-state index contributed by atoms with van der Waals surface area (Å²) in [5, 5.41) is 20.7. The average Bonchev–Trinajstić information content (AvgIpc) is 3.10. The fraction of sp³-hybridized carbons (Fsp3) is 0.417. The van der Waals surface area contributed by atoms with Crippen LogP contribution in [0.1, 0.15) is 42.7 Å². The topological polar surface area (TPSA) is 95.9 Å². The van der Waals surface area contributed by atoms with Gasteiger partial charge in [-0.3, -0.25) is 0 Å². The highest BCUT2D eigenvalue weighted by molar-refractivity contribution is 7.99. The Labute approximate surface area is 187 Å². The van der Waals surface area contributed by atoms with E-state index in [2.05, 4.69) is 17.4 Å². The lowest BCUT2D eigenvalue weighted by atomic mass is 9.98. The van der Waals surface area contributed by atoms with Crippen molar-refractivity contribution in [3.05, 3.63) is 59.7 Å². The van der Waals surface area contributed by atoms with E-state index in [0.29, 0.717) is 5.75 Å². The summed E-state index contributed by atoms with van der Waals surface area (Å²) in [7, 11) is 0. The lowest BCUT2D eigenvalue weighted by Gasteiger charge is -2.17. The number of amides is 1. The van der Waals surface area contributed by atoms with Crippen molar-refractivity contribution in [1.29, 1.82) is 0 Å². The van der Waals surface area contributed by atoms with Crippen molar-refractivity contribution >= 4 is 23.8 Å². The summed E-state index contributed by atoms with van der Waals surface area (Å²) in [5.74, 6) is -0.0165. The number of fused-ring (bicyclic) bond motifs is 3. The van der Waals surface area contributed by atoms with Crippen LogP contribution < -0.4 is 5.32 Å². The Morgan fingerprint density at radius 3 is 2.19 bits per heavy atom. The van der Waals surface area contributed by atoms with Crippen LogP contribution >= 0.6 is 11.8 Å². The second kappa shape index (κ2) is 11.8. The Morgan fingerprint density at radius 1 is 0.968 bits per heavy atom. The van der Waals surface area contributed by atoms with E-state index in [1.54, 1.807) is 0 Å². The molecule has 0 aliphatic heterocycles. The molecule has 0 heterocycles. The number of carboxylic acid groups (broad SMARTS) is 1. The maximum absolute atomic E-state index is 12.3. The minimum Gasteiger partial charge on any atom is -0.480 e. The normalized spacial score (nSPS) is 13.3. The maximum atomic E-state index is 12.3. The van der Waals surface area contributed by atoms with Crippen molar-refractivity contribution in [2.75, 3.05) is 24.7 Å². The number of alkyl carbamates (subject to hydrolysis) is 1. The Bertz CT molecular complexity index is 842. The summed E-state index contributed by atoms with van der Waals surface area (Å²) >= 11 is 1.50. The number of carbonyl (C=O) groups is 2. The molecule has 7 heteroatoms. The molecular formula is C24H29NO5S. The fourth-order valence-corrected chi connectivity index (χ4v) is 4.86. The van der Waals surface area contributed by atoms with E-state index < -0.39 is 18.1 Å². The molecule has 0 spiro atoms. The van der Waals surface area contributed by atoms with Crippen molar-refractivity contribution < 1.29 is 24.5 Å². The molecule has 1 amide bonds. The first-order valence-electron chi connectivity index (χ1n) is 10.6. The van der Waals surface area contributed by atoms with Crippen LogP contribution in [0.25, 0.3) is 11.1 Å². The third-order valence-electron chi connectivity index (χ3n) is 5.42. The molecule has 3 N–H and O–H groups in total. The van der Waals surface area contributed by atoms with Crippen LogP contribution in [0, 0.1) is 0 Å². The van der Waals surface area contributed by atoms with Crippen molar-refractivity contribution in [1.82, 2.24) is 5.32 Å². The summed E-state index contributed by atoms with van der Waals surface area (Å²) in [5.41, 5.74) is 4.52. The van der Waals surface area contributed by atoms with Gasteiger partial charge in [0.1, 0.15) is 12.6 Å². The largest absolute Gasteiger partial charge is 0.480 e. The summed E-state index contributed by atoms with van der Waals surface area (Å²) in [6.07, 6.45) is 3.02. The van der Waals surface area contributed by atoms with Gasteiger partial charge >= 0.3 is 12.1 Å². The Kier molecular flexibility index (Phi) is 8.79. The third-order valence-corrected chi connectivity index (χ3v) is 6.56. The van der Waals surface area contributed by atoms with Gasteiger partial charge in [0.05, 0.1) is 0 Å². The van der Waals surface area contributed by atoms with E-state index in [0.717, 1.165) is 53.7 Å². The molecule has 31 heavy (non-hydrogen) atoms. The maximum Gasteiger partial charge on any atom is 0.407 e. The van der Waals surface area contributed by atoms with Gasteiger partial charge in [-0.1, -0.05) is 61.4 Å². The van der Waals surface area contributed by atoms with E-state index in [-0.39, 0.29) is 19.1 Å². The molecule has 1 aliphatic carbocycles. The predicted octanol–water partition coefficient (Wildman–Crippen LogP) is 4.26. The minimum absolute atomic E-state index is 0.0604. The molecule has 6 nitrogen and oxygen atoms in total. The van der Waals surface area contributed by atoms with Crippen molar-refractivity contribution in [3.63, 3.8) is 0 Å². The van der Waals surface area contributed by atoms with Gasteiger partial charge in [0, 0.05) is 18.3 Å². The monoisotopic (exact) mass is 443 g/mol. The van der Waals surface area contributed by atoms with Gasteiger partial charge in [-0.15, -0.1) is 0 Å². The van der Waals surface area contributed by atoms with Crippen LogP contribution in [0.5, 0.6) is 0 Å². The zero-order chi connectivity index (χ0) is 22.1. The van der Waals surface area contributed by atoms with Gasteiger partial charge < -0.3 is 20.3 Å². The number of aliphatic carboxylic acids is 1. The smallest absolute Gasteiger partial charge is 0.407 e. The van der Waals surface area contributed by atoms with E-state index in [4.69, 9.17) is 9.84 Å². The number of rotatable bonds is 12. The number of carboxylic acids is 1. The average molecular weight is 444 g/mol. The second-order valence-electron chi connectivity index (χ2n) is 7.57. The molecule has 0 radical (unpaired) electrons. The van der Waals surface area contributed by atoms with Gasteiger partial charge in [-0.2, -0.15) is 11.8 Å². The zero-order valence-electron chi connectivity index (χ0n) is 17.5. The fourth-order valence-electron chi connectivity index (χ4n) is 3.83. The van der Waals surface area contributed by atoms with Crippen LogP contribution in [-0.4, -0.2) is 53.0 Å². The predicted molar refractivity (Wildman–Crippen MR) is 123 cm³/mol. The minimum atomic E-state index is -1.07. The van der Waals surface area contributed by atoms with Crippen molar-refractivity contribution in [3.8, 4) is 11.1 Å². The summed E-state index contributed by atoms with van der Waals surface area (Å²) in [6, 6.07) is 15.2. The number of carbonyl (C=O) groups excluding carboxylic acids is 1. The number of aliphatic hydroxyl groups is 1. The molecule has 0 saturated heterocycles. The number of hydrogen-bond donors (Lipinski definition) is 3. The molecule has 166 valence electrons. The molecule has 2 aromatic rings. The molecular weight excluding hydrogens is 414 g/mol. The lowest BCUT2D eigenvalue weighted by Crippen LogP contribution is -2.43. The molecule has 1 aliphatic rings. The first-order chi connectivity index (χ1) is 15.1. The first-order valence-corrected chi connectivity index (χ1v) is 11.8. The molecule has 0 fully saturated rings. The van der Waals surface area contributed by atoms with Gasteiger partial charge in [0.2, 0.25) is 0 Å². The molecule has 3 rings (SSSR count). The highest BCUT2D eigenvalue weighted by atomic mass is 32.2. The Balaban J connectivity index is 1.49. The highest BCUT2D eigenvalue weighted by Crippen LogP contribution is 2.44. The number of benzene rings is 2. The molecule has 0 saturated carbocycles. The van der Waals surface area contributed by atoms with E-state index >= 15 is 0 Å². The van der Waals surface area contributed by atoms with E-state index in [1.165, 1.54) is 11.8 Å². The number of thioether (sulfide) groups is 1. The number of aliphatic hydroxyl groups excluding tert-OH is 1. The third kappa shape index (κ3) is 6.24. The first kappa shape index (κ1) is 23.2. The molecule has 0 bridgehead atoms. The second-order valence-corrected chi connectivity index (χ2v) is 8.72. The van der Waals surface area contributed by atoms with E-state index in [9.17, 15) is 14.7 Å². The Morgan fingerprint density at radius 2 is 1.58 bits per heavy atom. The molecule has 0 aromatic heterocycles. The summed E-state index contributed by atoms with van der Waals surface area (Å²) in [4.78, 5) is 23.8. The van der Waals surface area contributed by atoms with Gasteiger partial charge in [0.15, 0.2) is 0 Å². The number of hydrogen-bond acceptors (Lipinski definition) is 5. The van der Waals surface area contributed by atoms with Gasteiger partial charge in [0.25, 0.3) is 0 Å². The summed E-state index contributed by atoms with van der Waals surface area (Å²) in [6.45, 7) is 0.364. The van der Waals surface area contributed by atoms with Crippen LogP contribution in [-0.2, 0) is 9.53 Å². The van der Waals surface area contributed by atoms with Crippen LogP contribution in [0.2, 0.25) is 0 Å². The standard InChI is InChI=1S/C24H29NO5S/c26-13-7-1-2-8-14-31-16-22(23(27)28)25-24(29)30-15-21-19-11-5-3-9-17(19)18-10-4-6-12-20(18)21/h3-6,9-12,21-22,26H,1-2,7-8,13-16H2,(H,25,29)(H,27,28). The zero-order valence-corrected chi connectivity index (χ0v) is 18.3. The van der Waals surface area contributed by atoms with E-state index in [1.807, 2.05) is 36.4 Å². The highest BCUT2D eigenvalue weighted by Gasteiger charge is 2.29. The Hall–Kier alpha value is -2.51. The van der Waals surface area contributed by atoms with Crippen molar-refractivity contribution in [2.45, 2.75) is 37.6 Å².